The summed E-state index contributed by atoms with van der Waals surface area (Å²) in [6.45, 7) is 7.66. The molecule has 0 aromatic carbocycles. The Morgan fingerprint density at radius 3 is 2.57 bits per heavy atom. The average molecular weight is 296 g/mol. The molecule has 2 N–H and O–H groups in total. The molecule has 0 aliphatic rings. The molecule has 120 valence electrons. The zero-order valence-electron chi connectivity index (χ0n) is 13.9. The van der Waals surface area contributed by atoms with E-state index in [2.05, 4.69) is 22.5 Å². The fourth-order valence-electron chi connectivity index (χ4n) is 2.24. The summed E-state index contributed by atoms with van der Waals surface area (Å²) < 4.78 is 7.25. The Morgan fingerprint density at radius 2 is 2.14 bits per heavy atom. The van der Waals surface area contributed by atoms with Crippen molar-refractivity contribution in [2.24, 2.45) is 7.05 Å². The summed E-state index contributed by atoms with van der Waals surface area (Å²) in [5.41, 5.74) is 0.413. The maximum Gasteiger partial charge on any atom is 0.407 e. The monoisotopic (exact) mass is 296 g/mol. The maximum absolute atomic E-state index is 12.0. The van der Waals surface area contributed by atoms with Crippen LogP contribution in [0.4, 0.5) is 4.79 Å². The average Bonchev–Trinajstić information content (AvgIpc) is 2.74. The normalized spacial score (nSPS) is 14.6. The predicted octanol–water partition coefficient (Wildman–Crippen LogP) is 2.37. The molecule has 6 nitrogen and oxygen atoms in total. The van der Waals surface area contributed by atoms with Crippen LogP contribution in [0.1, 0.15) is 52.3 Å². The lowest BCUT2D eigenvalue weighted by Crippen LogP contribution is -2.45. The lowest BCUT2D eigenvalue weighted by atomic mass is 10.0. The zero-order chi connectivity index (χ0) is 16.0. The van der Waals surface area contributed by atoms with Crippen molar-refractivity contribution in [2.45, 2.75) is 58.2 Å². The number of nitrogens with one attached hydrogen (secondary N) is 2. The van der Waals surface area contributed by atoms with Crippen LogP contribution >= 0.6 is 0 Å². The molecule has 6 heteroatoms. The summed E-state index contributed by atoms with van der Waals surface area (Å²) in [7, 11) is 3.80. The molecular weight excluding hydrogens is 268 g/mol. The van der Waals surface area contributed by atoms with E-state index in [9.17, 15) is 4.79 Å². The van der Waals surface area contributed by atoms with Crippen molar-refractivity contribution in [1.29, 1.82) is 0 Å². The first-order valence-electron chi connectivity index (χ1n) is 7.41. The SMILES string of the molecule is CCCC(NC(=O)OC(C)(C)C)C(NC)c1cn(C)cn1. The molecule has 0 aliphatic heterocycles. The topological polar surface area (TPSA) is 68.2 Å². The van der Waals surface area contributed by atoms with Gasteiger partial charge in [-0.3, -0.25) is 0 Å². The Labute approximate surface area is 127 Å². The number of amides is 1. The van der Waals surface area contributed by atoms with E-state index in [0.717, 1.165) is 18.5 Å². The Kier molecular flexibility index (Phi) is 6.20. The number of rotatable bonds is 6. The van der Waals surface area contributed by atoms with E-state index in [1.807, 2.05) is 45.6 Å². The Balaban J connectivity index is 2.81. The summed E-state index contributed by atoms with van der Waals surface area (Å²) in [6.07, 6.45) is 5.14. The Hall–Kier alpha value is -1.56. The van der Waals surface area contributed by atoms with Crippen LogP contribution in [0, 0.1) is 0 Å². The molecule has 1 aromatic heterocycles. The van der Waals surface area contributed by atoms with Gasteiger partial charge in [0.2, 0.25) is 0 Å². The number of hydrogen-bond donors (Lipinski definition) is 2. The maximum atomic E-state index is 12.0. The van der Waals surface area contributed by atoms with Gasteiger partial charge in [0.1, 0.15) is 5.60 Å². The third-order valence-electron chi connectivity index (χ3n) is 3.06. The van der Waals surface area contributed by atoms with E-state index >= 15 is 0 Å². The number of carbonyl (C=O) groups is 1. The van der Waals surface area contributed by atoms with Crippen molar-refractivity contribution < 1.29 is 9.53 Å². The number of carbonyl (C=O) groups excluding carboxylic acids is 1. The van der Waals surface area contributed by atoms with Crippen LogP contribution in [0.15, 0.2) is 12.5 Å². The number of alkyl carbamates (subject to hydrolysis) is 1. The van der Waals surface area contributed by atoms with E-state index in [4.69, 9.17) is 4.74 Å². The van der Waals surface area contributed by atoms with Gasteiger partial charge in [-0.25, -0.2) is 9.78 Å². The molecule has 1 aromatic rings. The number of aryl methyl sites for hydroxylation is 1. The van der Waals surface area contributed by atoms with Crippen LogP contribution in [0.5, 0.6) is 0 Å². The van der Waals surface area contributed by atoms with Crippen molar-refractivity contribution in [3.63, 3.8) is 0 Å². The number of likely N-dealkylation sites (N-methyl/N-ethyl adjacent to an activating group) is 1. The number of aromatic nitrogens is 2. The first-order chi connectivity index (χ1) is 9.76. The van der Waals surface area contributed by atoms with Crippen LogP contribution in [-0.2, 0) is 11.8 Å². The predicted molar refractivity (Wildman–Crippen MR) is 83.1 cm³/mol. The van der Waals surface area contributed by atoms with Crippen LogP contribution in [0.3, 0.4) is 0 Å². The second kappa shape index (κ2) is 7.45. The van der Waals surface area contributed by atoms with Crippen LogP contribution < -0.4 is 10.6 Å². The van der Waals surface area contributed by atoms with Crippen molar-refractivity contribution in [3.8, 4) is 0 Å². The van der Waals surface area contributed by atoms with E-state index in [0.29, 0.717) is 0 Å². The van der Waals surface area contributed by atoms with E-state index in [1.165, 1.54) is 0 Å². The van der Waals surface area contributed by atoms with Gasteiger partial charge >= 0.3 is 6.09 Å². The van der Waals surface area contributed by atoms with Crippen molar-refractivity contribution in [1.82, 2.24) is 20.2 Å². The van der Waals surface area contributed by atoms with Gasteiger partial charge in [0, 0.05) is 13.2 Å². The molecule has 0 saturated carbocycles. The Bertz CT molecular complexity index is 451. The standard InChI is InChI=1S/C15H28N4O2/c1-7-8-11(18-14(20)21-15(2,3)4)13(16-5)12-9-19(6)10-17-12/h9-11,13,16H,7-8H2,1-6H3,(H,18,20). The zero-order valence-corrected chi connectivity index (χ0v) is 13.9. The van der Waals surface area contributed by atoms with Gasteiger partial charge < -0.3 is 19.9 Å². The van der Waals surface area contributed by atoms with Gasteiger partial charge in [0.15, 0.2) is 0 Å². The first kappa shape index (κ1) is 17.5. The molecule has 1 rings (SSSR count). The van der Waals surface area contributed by atoms with Crippen LogP contribution in [0.25, 0.3) is 0 Å². The molecule has 1 heterocycles. The van der Waals surface area contributed by atoms with Gasteiger partial charge in [-0.2, -0.15) is 0 Å². The second-order valence-corrected chi connectivity index (χ2v) is 6.27. The van der Waals surface area contributed by atoms with Crippen LogP contribution in [-0.4, -0.2) is 34.3 Å². The summed E-state index contributed by atoms with van der Waals surface area (Å²) in [5.74, 6) is 0. The number of hydrogen-bond acceptors (Lipinski definition) is 4. The highest BCUT2D eigenvalue weighted by atomic mass is 16.6. The highest BCUT2D eigenvalue weighted by Gasteiger charge is 2.26. The smallest absolute Gasteiger partial charge is 0.407 e. The Morgan fingerprint density at radius 1 is 1.48 bits per heavy atom. The fraction of sp³-hybridized carbons (Fsp3) is 0.733. The largest absolute Gasteiger partial charge is 0.444 e. The highest BCUT2D eigenvalue weighted by Crippen LogP contribution is 2.19. The molecule has 0 aliphatic carbocycles. The molecule has 0 radical (unpaired) electrons. The highest BCUT2D eigenvalue weighted by molar-refractivity contribution is 5.68. The van der Waals surface area contributed by atoms with Gasteiger partial charge in [-0.15, -0.1) is 0 Å². The van der Waals surface area contributed by atoms with E-state index in [-0.39, 0.29) is 12.1 Å². The molecule has 1 amide bonds. The molecule has 2 atom stereocenters. The molecule has 2 unspecified atom stereocenters. The molecule has 0 spiro atoms. The minimum Gasteiger partial charge on any atom is -0.444 e. The third kappa shape index (κ3) is 5.75. The summed E-state index contributed by atoms with van der Waals surface area (Å²) in [6, 6.07) is -0.108. The minimum atomic E-state index is -0.499. The minimum absolute atomic E-state index is 0.0429. The van der Waals surface area contributed by atoms with Gasteiger partial charge in [-0.1, -0.05) is 13.3 Å². The van der Waals surface area contributed by atoms with Gasteiger partial charge in [0.25, 0.3) is 0 Å². The van der Waals surface area contributed by atoms with E-state index in [1.54, 1.807) is 6.33 Å². The number of ether oxygens (including phenoxy) is 1. The second-order valence-electron chi connectivity index (χ2n) is 6.27. The third-order valence-corrected chi connectivity index (χ3v) is 3.06. The van der Waals surface area contributed by atoms with Crippen molar-refractivity contribution in [2.75, 3.05) is 7.05 Å². The quantitative estimate of drug-likeness (QED) is 0.845. The lowest BCUT2D eigenvalue weighted by Gasteiger charge is -2.28. The van der Waals surface area contributed by atoms with Gasteiger partial charge in [-0.05, 0) is 34.2 Å². The summed E-state index contributed by atoms with van der Waals surface area (Å²) in [4.78, 5) is 16.4. The number of nitrogens with zero attached hydrogens (tertiary/aromatic N) is 2. The lowest BCUT2D eigenvalue weighted by molar-refractivity contribution is 0.0489. The summed E-state index contributed by atoms with van der Waals surface area (Å²) >= 11 is 0. The molecular formula is C15H28N4O2. The number of imidazole rings is 1. The molecule has 21 heavy (non-hydrogen) atoms. The van der Waals surface area contributed by atoms with Crippen LogP contribution in [0.2, 0.25) is 0 Å². The molecule has 0 fully saturated rings. The molecule has 0 saturated heterocycles. The van der Waals surface area contributed by atoms with E-state index < -0.39 is 11.7 Å². The molecule has 0 bridgehead atoms. The summed E-state index contributed by atoms with van der Waals surface area (Å²) in [5, 5.41) is 6.20. The van der Waals surface area contributed by atoms with Crippen molar-refractivity contribution in [3.05, 3.63) is 18.2 Å². The fourth-order valence-corrected chi connectivity index (χ4v) is 2.24. The van der Waals surface area contributed by atoms with Crippen molar-refractivity contribution >= 4 is 6.09 Å². The van der Waals surface area contributed by atoms with Gasteiger partial charge in [0.05, 0.1) is 24.1 Å². The first-order valence-corrected chi connectivity index (χ1v) is 7.41.